The zero-order valence-corrected chi connectivity index (χ0v) is 10.6. The number of thioether (sulfide) groups is 1. The van der Waals surface area contributed by atoms with Crippen LogP contribution in [0.2, 0.25) is 0 Å². The van der Waals surface area contributed by atoms with Crippen LogP contribution in [0, 0.1) is 6.92 Å². The number of aromatic nitrogens is 2. The van der Waals surface area contributed by atoms with Crippen LogP contribution in [0.5, 0.6) is 0 Å². The quantitative estimate of drug-likeness (QED) is 0.636. The fraction of sp³-hybridized carbons (Fsp3) is 0.455. The lowest BCUT2D eigenvalue weighted by molar-refractivity contribution is 0.197. The predicted molar refractivity (Wildman–Crippen MR) is 68.7 cm³/mol. The molecular weight excluding hydrogens is 256 g/mol. The highest BCUT2D eigenvalue weighted by molar-refractivity contribution is 8.01. The Balaban J connectivity index is 2.37. The molecule has 1 aliphatic heterocycles. The molecule has 2 heterocycles. The molecule has 0 bridgehead atoms. The van der Waals surface area contributed by atoms with Crippen LogP contribution in [0.15, 0.2) is 27.9 Å². The molecule has 0 radical (unpaired) electrons. The SMILES string of the molecule is Cc1cn([C@H]2C=CC(CO)(CO)S2)c(=O)[nH]c1=O. The second-order valence-corrected chi connectivity index (χ2v) is 5.76. The molecular formula is C11H14N2O4S. The zero-order valence-electron chi connectivity index (χ0n) is 9.79. The summed E-state index contributed by atoms with van der Waals surface area (Å²) in [6, 6.07) is 0. The summed E-state index contributed by atoms with van der Waals surface area (Å²) in [5, 5.41) is 18.2. The van der Waals surface area contributed by atoms with Gasteiger partial charge in [0, 0.05) is 11.8 Å². The number of nitrogens with zero attached hydrogens (tertiary/aromatic N) is 1. The van der Waals surface area contributed by atoms with Gasteiger partial charge >= 0.3 is 5.69 Å². The second kappa shape index (κ2) is 4.75. The van der Waals surface area contributed by atoms with E-state index in [0.717, 1.165) is 0 Å². The second-order valence-electron chi connectivity index (χ2n) is 4.23. The average Bonchev–Trinajstić information content (AvgIpc) is 2.79. The molecule has 0 amide bonds. The van der Waals surface area contributed by atoms with Gasteiger partial charge in [0.1, 0.15) is 5.37 Å². The summed E-state index contributed by atoms with van der Waals surface area (Å²) in [5.41, 5.74) is -0.465. The van der Waals surface area contributed by atoms with Crippen molar-refractivity contribution in [2.75, 3.05) is 13.2 Å². The Morgan fingerprint density at radius 2 is 2.11 bits per heavy atom. The molecule has 0 spiro atoms. The molecule has 0 fully saturated rings. The fourth-order valence-electron chi connectivity index (χ4n) is 1.73. The van der Waals surface area contributed by atoms with Gasteiger partial charge in [-0.1, -0.05) is 12.2 Å². The normalized spacial score (nSPS) is 21.4. The molecule has 98 valence electrons. The first-order valence-corrected chi connectivity index (χ1v) is 6.30. The van der Waals surface area contributed by atoms with Crippen molar-refractivity contribution in [1.29, 1.82) is 0 Å². The average molecular weight is 270 g/mol. The number of aromatic amines is 1. The molecule has 0 aliphatic carbocycles. The molecule has 1 aromatic rings. The number of aryl methyl sites for hydroxylation is 1. The molecule has 2 rings (SSSR count). The number of aliphatic hydroxyl groups excluding tert-OH is 2. The Morgan fingerprint density at radius 1 is 1.44 bits per heavy atom. The Bertz CT molecular complexity index is 585. The van der Waals surface area contributed by atoms with Gasteiger partial charge in [0.05, 0.1) is 18.0 Å². The smallest absolute Gasteiger partial charge is 0.329 e. The Morgan fingerprint density at radius 3 is 2.67 bits per heavy atom. The lowest BCUT2D eigenvalue weighted by atomic mass is 10.1. The molecule has 0 aromatic carbocycles. The summed E-state index contributed by atoms with van der Waals surface area (Å²) in [6.07, 6.45) is 4.90. The van der Waals surface area contributed by atoms with E-state index in [1.54, 1.807) is 19.1 Å². The third-order valence-electron chi connectivity index (χ3n) is 2.88. The maximum atomic E-state index is 11.7. The lowest BCUT2D eigenvalue weighted by Gasteiger charge is -2.23. The molecule has 0 unspecified atom stereocenters. The van der Waals surface area contributed by atoms with Gasteiger partial charge in [0.25, 0.3) is 5.56 Å². The summed E-state index contributed by atoms with van der Waals surface area (Å²) < 4.78 is 0.610. The monoisotopic (exact) mass is 270 g/mol. The predicted octanol–water partition coefficient (Wildman–Crippen LogP) is -0.630. The number of aliphatic hydroxyl groups is 2. The standard InChI is InChI=1S/C11H14N2O4S/c1-7-4-13(10(17)12-9(7)16)8-2-3-11(5-14,6-15)18-8/h2-4,8,14-15H,5-6H2,1H3,(H,12,16,17)/t8-/m1/s1. The van der Waals surface area contributed by atoms with Gasteiger partial charge in [-0.3, -0.25) is 14.3 Å². The Labute approximate surface area is 107 Å². The van der Waals surface area contributed by atoms with E-state index in [1.807, 2.05) is 0 Å². The molecule has 18 heavy (non-hydrogen) atoms. The van der Waals surface area contributed by atoms with E-state index in [1.165, 1.54) is 22.5 Å². The van der Waals surface area contributed by atoms with Gasteiger partial charge in [-0.2, -0.15) is 0 Å². The maximum absolute atomic E-state index is 11.7. The number of nitrogens with one attached hydrogen (secondary N) is 1. The topological polar surface area (TPSA) is 95.3 Å². The number of hydrogen-bond acceptors (Lipinski definition) is 5. The van der Waals surface area contributed by atoms with Crippen LogP contribution in [-0.4, -0.2) is 37.7 Å². The van der Waals surface area contributed by atoms with E-state index in [-0.39, 0.29) is 18.6 Å². The van der Waals surface area contributed by atoms with E-state index in [4.69, 9.17) is 0 Å². The summed E-state index contributed by atoms with van der Waals surface area (Å²) in [4.78, 5) is 25.2. The van der Waals surface area contributed by atoms with Crippen LogP contribution in [0.25, 0.3) is 0 Å². The van der Waals surface area contributed by atoms with E-state index in [2.05, 4.69) is 4.98 Å². The largest absolute Gasteiger partial charge is 0.395 e. The zero-order chi connectivity index (χ0) is 13.3. The molecule has 1 atom stereocenters. The minimum absolute atomic E-state index is 0.210. The first kappa shape index (κ1) is 13.1. The van der Waals surface area contributed by atoms with Crippen LogP contribution in [0.1, 0.15) is 10.9 Å². The van der Waals surface area contributed by atoms with Gasteiger partial charge in [-0.25, -0.2) is 4.79 Å². The van der Waals surface area contributed by atoms with Gasteiger partial charge in [0.2, 0.25) is 0 Å². The molecule has 0 saturated heterocycles. The van der Waals surface area contributed by atoms with Crippen molar-refractivity contribution in [2.45, 2.75) is 17.0 Å². The van der Waals surface area contributed by atoms with Crippen molar-refractivity contribution in [3.63, 3.8) is 0 Å². The number of H-pyrrole nitrogens is 1. The molecule has 3 N–H and O–H groups in total. The van der Waals surface area contributed by atoms with Gasteiger partial charge < -0.3 is 10.2 Å². The highest BCUT2D eigenvalue weighted by Crippen LogP contribution is 2.42. The van der Waals surface area contributed by atoms with E-state index < -0.39 is 16.0 Å². The van der Waals surface area contributed by atoms with Crippen molar-refractivity contribution < 1.29 is 10.2 Å². The van der Waals surface area contributed by atoms with Crippen molar-refractivity contribution in [3.05, 3.63) is 44.8 Å². The highest BCUT2D eigenvalue weighted by atomic mass is 32.2. The van der Waals surface area contributed by atoms with Crippen LogP contribution >= 0.6 is 11.8 Å². The van der Waals surface area contributed by atoms with Crippen molar-refractivity contribution >= 4 is 11.8 Å². The summed E-state index contributed by atoms with van der Waals surface area (Å²) >= 11 is 1.27. The summed E-state index contributed by atoms with van der Waals surface area (Å²) in [6.45, 7) is 1.19. The van der Waals surface area contributed by atoms with Gasteiger partial charge in [0.15, 0.2) is 0 Å². The third-order valence-corrected chi connectivity index (χ3v) is 4.36. The first-order chi connectivity index (χ1) is 8.51. The van der Waals surface area contributed by atoms with E-state index >= 15 is 0 Å². The van der Waals surface area contributed by atoms with Crippen molar-refractivity contribution in [2.24, 2.45) is 0 Å². The highest BCUT2D eigenvalue weighted by Gasteiger charge is 2.35. The summed E-state index contributed by atoms with van der Waals surface area (Å²) in [5.74, 6) is 0. The van der Waals surface area contributed by atoms with Crippen molar-refractivity contribution in [1.82, 2.24) is 9.55 Å². The van der Waals surface area contributed by atoms with E-state index in [9.17, 15) is 19.8 Å². The maximum Gasteiger partial charge on any atom is 0.329 e. The minimum Gasteiger partial charge on any atom is -0.395 e. The fourth-order valence-corrected chi connectivity index (χ4v) is 2.95. The van der Waals surface area contributed by atoms with E-state index in [0.29, 0.717) is 5.56 Å². The molecule has 1 aliphatic rings. The third kappa shape index (κ3) is 2.16. The van der Waals surface area contributed by atoms with Crippen LogP contribution in [-0.2, 0) is 0 Å². The number of hydrogen-bond donors (Lipinski definition) is 3. The molecule has 6 nitrogen and oxygen atoms in total. The Kier molecular flexibility index (Phi) is 3.47. The van der Waals surface area contributed by atoms with Gasteiger partial charge in [-0.05, 0) is 6.92 Å². The number of rotatable bonds is 3. The van der Waals surface area contributed by atoms with Crippen molar-refractivity contribution in [3.8, 4) is 0 Å². The van der Waals surface area contributed by atoms with Crippen LogP contribution in [0.3, 0.4) is 0 Å². The van der Waals surface area contributed by atoms with Crippen LogP contribution < -0.4 is 11.2 Å². The first-order valence-electron chi connectivity index (χ1n) is 5.42. The molecule has 7 heteroatoms. The minimum atomic E-state index is -0.770. The molecule has 0 saturated carbocycles. The lowest BCUT2D eigenvalue weighted by Crippen LogP contribution is -2.34. The molecule has 1 aromatic heterocycles. The Hall–Kier alpha value is -1.31. The summed E-state index contributed by atoms with van der Waals surface area (Å²) in [7, 11) is 0. The van der Waals surface area contributed by atoms with Gasteiger partial charge in [-0.15, -0.1) is 11.8 Å². The van der Waals surface area contributed by atoms with Crippen LogP contribution in [0.4, 0.5) is 0 Å².